The van der Waals surface area contributed by atoms with Gasteiger partial charge in [-0.3, -0.25) is 9.59 Å². The van der Waals surface area contributed by atoms with Gasteiger partial charge in [-0.1, -0.05) is 237 Å². The van der Waals surface area contributed by atoms with E-state index in [4.69, 9.17) is 14.2 Å². The lowest BCUT2D eigenvalue weighted by Crippen LogP contribution is -2.60. The number of carbonyl (C=O) groups excluding carboxylic acids is 2. The normalized spacial score (nSPS) is 19.3. The van der Waals surface area contributed by atoms with Crippen LogP contribution in [0.3, 0.4) is 0 Å². The van der Waals surface area contributed by atoms with Gasteiger partial charge in [0.1, 0.15) is 24.4 Å². The van der Waals surface area contributed by atoms with Crippen LogP contribution >= 0.6 is 0 Å². The van der Waals surface area contributed by atoms with E-state index < -0.39 is 49.5 Å². The Hall–Kier alpha value is -2.12. The molecule has 0 spiro atoms. The summed E-state index contributed by atoms with van der Waals surface area (Å²) < 4.78 is 16.7. The van der Waals surface area contributed by atoms with Gasteiger partial charge in [-0.2, -0.15) is 0 Å². The third kappa shape index (κ3) is 39.9. The standard InChI is InChI=1S/C60H111NO10/c1-3-5-7-9-11-13-15-16-20-23-27-30-34-38-42-46-53(63)52(51-70-60-59(68)58(67)57(66)54(50-62)71-60)61-55(64)47-43-39-35-31-28-24-21-18-17-19-22-25-29-33-37-41-45-49-69-56(65)48-44-40-36-32-26-14-12-10-8-6-4-2/h15-16,27,30,42,46,52-54,57-60,62-63,66-68H,3-14,17-26,28-29,31-41,43-45,47-51H2,1-2H3,(H,61,64)/b16-15+,30-27+,46-42+. The van der Waals surface area contributed by atoms with Gasteiger partial charge < -0.3 is 45.1 Å². The number of amides is 1. The van der Waals surface area contributed by atoms with Crippen LogP contribution in [0.5, 0.6) is 0 Å². The molecule has 0 bridgehead atoms. The van der Waals surface area contributed by atoms with Crippen LogP contribution in [0.1, 0.15) is 271 Å². The van der Waals surface area contributed by atoms with Crippen molar-refractivity contribution in [2.75, 3.05) is 19.8 Å². The Morgan fingerprint density at radius 2 is 0.915 bits per heavy atom. The maximum atomic E-state index is 13.0. The maximum absolute atomic E-state index is 13.0. The molecule has 1 amide bonds. The van der Waals surface area contributed by atoms with Crippen LogP contribution in [0.4, 0.5) is 0 Å². The molecule has 1 aliphatic rings. The van der Waals surface area contributed by atoms with Crippen LogP contribution in [0.2, 0.25) is 0 Å². The van der Waals surface area contributed by atoms with Crippen LogP contribution in [-0.4, -0.2) is 100 Å². The summed E-state index contributed by atoms with van der Waals surface area (Å²) in [4.78, 5) is 25.1. The second kappa shape index (κ2) is 50.1. The minimum atomic E-state index is -1.58. The molecule has 11 nitrogen and oxygen atoms in total. The molecule has 1 fully saturated rings. The lowest BCUT2D eigenvalue weighted by molar-refractivity contribution is -0.302. The summed E-state index contributed by atoms with van der Waals surface area (Å²) in [6, 6.07) is -0.839. The van der Waals surface area contributed by atoms with Crippen LogP contribution in [0.15, 0.2) is 36.5 Å². The summed E-state index contributed by atoms with van der Waals surface area (Å²) in [5.74, 6) is -0.214. The van der Waals surface area contributed by atoms with Crippen molar-refractivity contribution in [2.45, 2.75) is 314 Å². The highest BCUT2D eigenvalue weighted by atomic mass is 16.7. The number of hydrogen-bond acceptors (Lipinski definition) is 10. The number of nitrogens with one attached hydrogen (secondary N) is 1. The van der Waals surface area contributed by atoms with Crippen LogP contribution in [0, 0.1) is 0 Å². The number of ether oxygens (including phenoxy) is 3. The van der Waals surface area contributed by atoms with Crippen LogP contribution < -0.4 is 5.32 Å². The van der Waals surface area contributed by atoms with Gasteiger partial charge >= 0.3 is 5.97 Å². The SMILES string of the molecule is CCCCCCC/C=C/CC/C=C/CC/C=C/C(O)C(COC1OC(CO)C(O)C(O)C1O)NC(=O)CCCCCCCCCCCCCCCCCCCOC(=O)CCCCCCCCCCCCC. The average Bonchev–Trinajstić information content (AvgIpc) is 3.37. The molecule has 6 N–H and O–H groups in total. The molecule has 0 aromatic carbocycles. The number of unbranched alkanes of at least 4 members (excludes halogenated alkanes) is 33. The largest absolute Gasteiger partial charge is 0.466 e. The molecule has 0 aliphatic carbocycles. The first-order valence-corrected chi connectivity index (χ1v) is 29.8. The molecule has 1 aliphatic heterocycles. The van der Waals surface area contributed by atoms with Gasteiger partial charge in [-0.15, -0.1) is 0 Å². The number of carbonyl (C=O) groups is 2. The van der Waals surface area contributed by atoms with Crippen LogP contribution in [-0.2, 0) is 23.8 Å². The Labute approximate surface area is 434 Å². The third-order valence-corrected chi connectivity index (χ3v) is 14.0. The first kappa shape index (κ1) is 66.9. The molecule has 7 unspecified atom stereocenters. The van der Waals surface area contributed by atoms with Crippen molar-refractivity contribution in [3.63, 3.8) is 0 Å². The fraction of sp³-hybridized carbons (Fsp3) is 0.867. The van der Waals surface area contributed by atoms with E-state index in [0.29, 0.717) is 19.4 Å². The number of allylic oxidation sites excluding steroid dienone is 5. The van der Waals surface area contributed by atoms with E-state index in [1.54, 1.807) is 6.08 Å². The minimum Gasteiger partial charge on any atom is -0.466 e. The van der Waals surface area contributed by atoms with E-state index in [0.717, 1.165) is 83.5 Å². The third-order valence-electron chi connectivity index (χ3n) is 14.0. The smallest absolute Gasteiger partial charge is 0.305 e. The molecule has 71 heavy (non-hydrogen) atoms. The highest BCUT2D eigenvalue weighted by Gasteiger charge is 2.44. The summed E-state index contributed by atoms with van der Waals surface area (Å²) >= 11 is 0. The summed E-state index contributed by atoms with van der Waals surface area (Å²) in [6.45, 7) is 4.29. The van der Waals surface area contributed by atoms with E-state index in [1.165, 1.54) is 161 Å². The number of esters is 1. The topological polar surface area (TPSA) is 175 Å². The van der Waals surface area contributed by atoms with E-state index >= 15 is 0 Å². The summed E-state index contributed by atoms with van der Waals surface area (Å²) in [6.07, 6.45) is 50.8. The molecule has 0 saturated carbocycles. The lowest BCUT2D eigenvalue weighted by Gasteiger charge is -2.40. The Morgan fingerprint density at radius 3 is 1.39 bits per heavy atom. The second-order valence-electron chi connectivity index (χ2n) is 20.7. The molecular formula is C60H111NO10. The zero-order valence-corrected chi connectivity index (χ0v) is 45.7. The molecule has 0 aromatic heterocycles. The Kier molecular flexibility index (Phi) is 47.2. The highest BCUT2D eigenvalue weighted by Crippen LogP contribution is 2.23. The molecule has 11 heteroatoms. The predicted molar refractivity (Wildman–Crippen MR) is 292 cm³/mol. The highest BCUT2D eigenvalue weighted by molar-refractivity contribution is 5.76. The molecule has 1 saturated heterocycles. The van der Waals surface area contributed by atoms with E-state index in [1.807, 2.05) is 6.08 Å². The molecule has 7 atom stereocenters. The first-order chi connectivity index (χ1) is 34.7. The monoisotopic (exact) mass is 1010 g/mol. The van der Waals surface area contributed by atoms with Crippen molar-refractivity contribution < 1.29 is 49.3 Å². The minimum absolute atomic E-state index is 0.0130. The number of hydrogen-bond donors (Lipinski definition) is 6. The molecule has 1 heterocycles. The fourth-order valence-corrected chi connectivity index (χ4v) is 9.23. The summed E-state index contributed by atoms with van der Waals surface area (Å²) in [5, 5.41) is 54.4. The lowest BCUT2D eigenvalue weighted by atomic mass is 9.99. The van der Waals surface area contributed by atoms with Gasteiger partial charge in [-0.25, -0.2) is 0 Å². The zero-order chi connectivity index (χ0) is 51.7. The molecule has 0 radical (unpaired) electrons. The van der Waals surface area contributed by atoms with Crippen molar-refractivity contribution in [3.8, 4) is 0 Å². The number of aliphatic hydroxyl groups is 5. The molecule has 0 aromatic rings. The van der Waals surface area contributed by atoms with Gasteiger partial charge in [0.2, 0.25) is 5.91 Å². The number of aliphatic hydroxyl groups excluding tert-OH is 5. The van der Waals surface area contributed by atoms with E-state index in [-0.39, 0.29) is 18.5 Å². The zero-order valence-electron chi connectivity index (χ0n) is 45.7. The maximum Gasteiger partial charge on any atom is 0.305 e. The summed E-state index contributed by atoms with van der Waals surface area (Å²) in [5.41, 5.74) is 0. The predicted octanol–water partition coefficient (Wildman–Crippen LogP) is 13.5. The molecule has 1 rings (SSSR count). The second-order valence-corrected chi connectivity index (χ2v) is 20.7. The molecule has 416 valence electrons. The Bertz CT molecular complexity index is 1280. The fourth-order valence-electron chi connectivity index (χ4n) is 9.23. The van der Waals surface area contributed by atoms with E-state index in [9.17, 15) is 35.1 Å². The summed E-state index contributed by atoms with van der Waals surface area (Å²) in [7, 11) is 0. The van der Waals surface area contributed by atoms with Gasteiger partial charge in [0.25, 0.3) is 0 Å². The first-order valence-electron chi connectivity index (χ1n) is 29.8. The molecular weight excluding hydrogens is 895 g/mol. The number of rotatable bonds is 51. The van der Waals surface area contributed by atoms with Gasteiger partial charge in [0.15, 0.2) is 6.29 Å². The van der Waals surface area contributed by atoms with Gasteiger partial charge in [-0.05, 0) is 57.8 Å². The van der Waals surface area contributed by atoms with Gasteiger partial charge in [0, 0.05) is 12.8 Å². The van der Waals surface area contributed by atoms with E-state index in [2.05, 4.69) is 43.5 Å². The van der Waals surface area contributed by atoms with Crippen molar-refractivity contribution in [1.29, 1.82) is 0 Å². The average molecular weight is 1010 g/mol. The van der Waals surface area contributed by atoms with Crippen molar-refractivity contribution >= 4 is 11.9 Å². The Balaban J connectivity index is 2.14. The van der Waals surface area contributed by atoms with Crippen molar-refractivity contribution in [2.24, 2.45) is 0 Å². The van der Waals surface area contributed by atoms with Gasteiger partial charge in [0.05, 0.1) is 32.0 Å². The van der Waals surface area contributed by atoms with Crippen LogP contribution in [0.25, 0.3) is 0 Å². The van der Waals surface area contributed by atoms with Crippen molar-refractivity contribution in [3.05, 3.63) is 36.5 Å². The quantitative estimate of drug-likeness (QED) is 0.0195. The Morgan fingerprint density at radius 1 is 0.507 bits per heavy atom. The van der Waals surface area contributed by atoms with Crippen molar-refractivity contribution in [1.82, 2.24) is 5.32 Å².